The molecule has 0 spiro atoms. The van der Waals surface area contributed by atoms with Crippen molar-refractivity contribution in [3.63, 3.8) is 0 Å². The van der Waals surface area contributed by atoms with Crippen LogP contribution in [0.4, 0.5) is 5.69 Å². The highest BCUT2D eigenvalue weighted by Gasteiger charge is 2.00. The minimum Gasteiger partial charge on any atom is -0.497 e. The highest BCUT2D eigenvalue weighted by molar-refractivity contribution is 5.70. The second-order valence-electron chi connectivity index (χ2n) is 3.05. The first-order valence-electron chi connectivity index (χ1n) is 4.86. The van der Waals surface area contributed by atoms with E-state index in [1.54, 1.807) is 31.4 Å². The maximum atomic E-state index is 11.0. The fourth-order valence-corrected chi connectivity index (χ4v) is 1.03. The van der Waals surface area contributed by atoms with Crippen molar-refractivity contribution in [3.05, 3.63) is 24.3 Å². The summed E-state index contributed by atoms with van der Waals surface area (Å²) in [6.45, 7) is 1.93. The maximum Gasteiger partial charge on any atom is 0.332 e. The van der Waals surface area contributed by atoms with Gasteiger partial charge in [-0.05, 0) is 30.7 Å². The molecule has 0 aliphatic rings. The van der Waals surface area contributed by atoms with Gasteiger partial charge in [0.1, 0.15) is 5.75 Å². The van der Waals surface area contributed by atoms with Crippen LogP contribution in [-0.2, 0) is 9.63 Å². The standard InChI is InChI=1S/C11H15NO3/c1-3-4-11(13)15-12-9-5-7-10(14-2)8-6-9/h5-8,12H,3-4H2,1-2H3. The van der Waals surface area contributed by atoms with Crippen molar-refractivity contribution in [2.24, 2.45) is 0 Å². The van der Waals surface area contributed by atoms with Gasteiger partial charge in [0.25, 0.3) is 0 Å². The lowest BCUT2D eigenvalue weighted by Gasteiger charge is -2.06. The number of ether oxygens (including phenoxy) is 1. The van der Waals surface area contributed by atoms with Crippen LogP contribution in [0.25, 0.3) is 0 Å². The van der Waals surface area contributed by atoms with Crippen LogP contribution < -0.4 is 10.2 Å². The molecule has 0 aliphatic heterocycles. The van der Waals surface area contributed by atoms with Gasteiger partial charge in [0.2, 0.25) is 0 Å². The average Bonchev–Trinajstić information content (AvgIpc) is 2.27. The number of hydrogen-bond donors (Lipinski definition) is 1. The molecule has 0 aromatic heterocycles. The molecule has 0 aliphatic carbocycles. The van der Waals surface area contributed by atoms with E-state index in [2.05, 4.69) is 5.48 Å². The van der Waals surface area contributed by atoms with Crippen molar-refractivity contribution < 1.29 is 14.4 Å². The van der Waals surface area contributed by atoms with Gasteiger partial charge in [-0.15, -0.1) is 0 Å². The minimum absolute atomic E-state index is 0.256. The molecule has 82 valence electrons. The van der Waals surface area contributed by atoms with Crippen LogP contribution in [0, 0.1) is 0 Å². The third-order valence-electron chi connectivity index (χ3n) is 1.83. The van der Waals surface area contributed by atoms with Gasteiger partial charge in [-0.1, -0.05) is 6.92 Å². The van der Waals surface area contributed by atoms with Gasteiger partial charge in [-0.25, -0.2) is 10.3 Å². The summed E-state index contributed by atoms with van der Waals surface area (Å²) in [5.74, 6) is 0.508. The van der Waals surface area contributed by atoms with Crippen LogP contribution in [0.3, 0.4) is 0 Å². The summed E-state index contributed by atoms with van der Waals surface area (Å²) in [7, 11) is 1.60. The van der Waals surface area contributed by atoms with E-state index in [0.717, 1.165) is 17.9 Å². The largest absolute Gasteiger partial charge is 0.497 e. The number of carbonyl (C=O) groups excluding carboxylic acids is 1. The van der Waals surface area contributed by atoms with E-state index < -0.39 is 0 Å². The van der Waals surface area contributed by atoms with Crippen LogP contribution in [0.15, 0.2) is 24.3 Å². The SMILES string of the molecule is CCCC(=O)ONc1ccc(OC)cc1. The molecule has 0 atom stereocenters. The molecule has 4 heteroatoms. The summed E-state index contributed by atoms with van der Waals surface area (Å²) in [5, 5.41) is 0. The second-order valence-corrected chi connectivity index (χ2v) is 3.05. The van der Waals surface area contributed by atoms with Crippen LogP contribution >= 0.6 is 0 Å². The summed E-state index contributed by atoms with van der Waals surface area (Å²) in [6.07, 6.45) is 1.20. The highest BCUT2D eigenvalue weighted by Crippen LogP contribution is 2.14. The molecule has 0 unspecified atom stereocenters. The third-order valence-corrected chi connectivity index (χ3v) is 1.83. The summed E-state index contributed by atoms with van der Waals surface area (Å²) < 4.78 is 5.00. The van der Waals surface area contributed by atoms with Crippen LogP contribution in [0.2, 0.25) is 0 Å². The molecule has 1 aromatic rings. The zero-order valence-electron chi connectivity index (χ0n) is 8.95. The zero-order valence-corrected chi connectivity index (χ0v) is 8.95. The first-order chi connectivity index (χ1) is 7.26. The molecule has 0 amide bonds. The number of benzene rings is 1. The summed E-state index contributed by atoms with van der Waals surface area (Å²) >= 11 is 0. The molecule has 1 N–H and O–H groups in total. The first-order valence-corrected chi connectivity index (χ1v) is 4.86. The Morgan fingerprint density at radius 3 is 2.53 bits per heavy atom. The van der Waals surface area contributed by atoms with Gasteiger partial charge in [-0.3, -0.25) is 0 Å². The fourth-order valence-electron chi connectivity index (χ4n) is 1.03. The predicted octanol–water partition coefficient (Wildman–Crippen LogP) is 2.37. The Bertz CT molecular complexity index is 308. The first kappa shape index (κ1) is 11.4. The summed E-state index contributed by atoms with van der Waals surface area (Å²) in [6, 6.07) is 7.13. The Morgan fingerprint density at radius 2 is 2.00 bits per heavy atom. The number of hydrogen-bond acceptors (Lipinski definition) is 4. The normalized spacial score (nSPS) is 9.47. The number of nitrogens with one attached hydrogen (secondary N) is 1. The van der Waals surface area contributed by atoms with Crippen LogP contribution in [0.5, 0.6) is 5.75 Å². The average molecular weight is 209 g/mol. The Kier molecular flexibility index (Phi) is 4.47. The van der Waals surface area contributed by atoms with Crippen LogP contribution in [-0.4, -0.2) is 13.1 Å². The Balaban J connectivity index is 2.40. The number of rotatable bonds is 5. The van der Waals surface area contributed by atoms with E-state index in [-0.39, 0.29) is 5.97 Å². The molecule has 4 nitrogen and oxygen atoms in total. The quantitative estimate of drug-likeness (QED) is 0.756. The molecule has 0 bridgehead atoms. The van der Waals surface area contributed by atoms with E-state index in [0.29, 0.717) is 6.42 Å². The third kappa shape index (κ3) is 3.89. The fraction of sp³-hybridized carbons (Fsp3) is 0.364. The van der Waals surface area contributed by atoms with Gasteiger partial charge in [-0.2, -0.15) is 0 Å². The topological polar surface area (TPSA) is 47.6 Å². The van der Waals surface area contributed by atoms with Gasteiger partial charge < -0.3 is 9.57 Å². The lowest BCUT2D eigenvalue weighted by Crippen LogP contribution is -2.09. The molecule has 0 saturated heterocycles. The molecule has 1 rings (SSSR count). The second kappa shape index (κ2) is 5.90. The molecule has 0 radical (unpaired) electrons. The van der Waals surface area contributed by atoms with Gasteiger partial charge in [0, 0.05) is 6.42 Å². The lowest BCUT2D eigenvalue weighted by molar-refractivity contribution is -0.140. The number of carbonyl (C=O) groups is 1. The summed E-state index contributed by atoms with van der Waals surface area (Å²) in [5.41, 5.74) is 3.30. The Hall–Kier alpha value is -1.71. The zero-order chi connectivity index (χ0) is 11.1. The maximum absolute atomic E-state index is 11.0. The minimum atomic E-state index is -0.256. The Morgan fingerprint density at radius 1 is 1.33 bits per heavy atom. The van der Waals surface area contributed by atoms with Crippen molar-refractivity contribution >= 4 is 11.7 Å². The van der Waals surface area contributed by atoms with E-state index in [1.807, 2.05) is 6.92 Å². The van der Waals surface area contributed by atoms with Gasteiger partial charge in [0.05, 0.1) is 12.8 Å². The van der Waals surface area contributed by atoms with E-state index >= 15 is 0 Å². The molecule has 1 aromatic carbocycles. The Labute approximate surface area is 89.1 Å². The molecule has 15 heavy (non-hydrogen) atoms. The highest BCUT2D eigenvalue weighted by atomic mass is 16.7. The summed E-state index contributed by atoms with van der Waals surface area (Å²) in [4.78, 5) is 15.8. The van der Waals surface area contributed by atoms with Crippen LogP contribution in [0.1, 0.15) is 19.8 Å². The molecule has 0 fully saturated rings. The monoisotopic (exact) mass is 209 g/mol. The van der Waals surface area contributed by atoms with E-state index in [4.69, 9.17) is 9.57 Å². The molecular weight excluding hydrogens is 194 g/mol. The van der Waals surface area contributed by atoms with Crippen molar-refractivity contribution in [1.82, 2.24) is 0 Å². The molecule has 0 saturated carbocycles. The number of methoxy groups -OCH3 is 1. The van der Waals surface area contributed by atoms with Crippen molar-refractivity contribution in [2.45, 2.75) is 19.8 Å². The predicted molar refractivity (Wildman–Crippen MR) is 57.6 cm³/mol. The van der Waals surface area contributed by atoms with E-state index in [1.165, 1.54) is 0 Å². The van der Waals surface area contributed by atoms with E-state index in [9.17, 15) is 4.79 Å². The molecule has 0 heterocycles. The number of anilines is 1. The lowest BCUT2D eigenvalue weighted by atomic mass is 10.3. The van der Waals surface area contributed by atoms with Crippen molar-refractivity contribution in [2.75, 3.05) is 12.6 Å². The van der Waals surface area contributed by atoms with Gasteiger partial charge in [0.15, 0.2) is 0 Å². The molecular formula is C11H15NO3. The van der Waals surface area contributed by atoms with Crippen molar-refractivity contribution in [1.29, 1.82) is 0 Å². The van der Waals surface area contributed by atoms with Crippen molar-refractivity contribution in [3.8, 4) is 5.75 Å². The van der Waals surface area contributed by atoms with Gasteiger partial charge >= 0.3 is 5.97 Å². The smallest absolute Gasteiger partial charge is 0.332 e.